The van der Waals surface area contributed by atoms with Gasteiger partial charge in [0.1, 0.15) is 5.75 Å². The van der Waals surface area contributed by atoms with Gasteiger partial charge in [-0.15, -0.1) is 0 Å². The predicted molar refractivity (Wildman–Crippen MR) is 168 cm³/mol. The van der Waals surface area contributed by atoms with E-state index in [0.717, 1.165) is 57.8 Å². The van der Waals surface area contributed by atoms with E-state index in [9.17, 15) is 18.3 Å². The molecule has 1 aromatic carbocycles. The molecule has 10 atom stereocenters. The number of allylic oxidation sites excluding steroid dienone is 2. The van der Waals surface area contributed by atoms with Crippen molar-refractivity contribution in [2.45, 2.75) is 117 Å². The van der Waals surface area contributed by atoms with Gasteiger partial charge in [-0.25, -0.2) is 8.42 Å². The summed E-state index contributed by atoms with van der Waals surface area (Å²) in [4.78, 5) is 14.7. The van der Waals surface area contributed by atoms with Gasteiger partial charge in [-0.2, -0.15) is 0 Å². The molecule has 5 aliphatic carbocycles. The van der Waals surface area contributed by atoms with Crippen molar-refractivity contribution in [3.63, 3.8) is 0 Å². The van der Waals surface area contributed by atoms with Crippen LogP contribution in [-0.4, -0.2) is 31.2 Å². The third kappa shape index (κ3) is 4.00. The molecule has 0 aromatic heterocycles. The summed E-state index contributed by atoms with van der Waals surface area (Å²) in [6.45, 7) is 16.9. The second-order valence-corrected chi connectivity index (χ2v) is 18.7. The molecule has 6 rings (SSSR count). The van der Waals surface area contributed by atoms with Crippen molar-refractivity contribution < 1.29 is 18.3 Å². The van der Waals surface area contributed by atoms with Crippen molar-refractivity contribution in [3.8, 4) is 0 Å². The number of aliphatic hydroxyl groups is 1. The first kappa shape index (κ1) is 30.6. The van der Waals surface area contributed by atoms with Crippen LogP contribution in [0, 0.1) is 56.7 Å². The summed E-state index contributed by atoms with van der Waals surface area (Å²) in [7, 11) is -3.70. The van der Waals surface area contributed by atoms with Gasteiger partial charge in [-0.1, -0.05) is 78.3 Å². The summed E-state index contributed by atoms with van der Waals surface area (Å²) in [5.41, 5.74) is 1.09. The van der Waals surface area contributed by atoms with E-state index in [1.165, 1.54) is 5.57 Å². The molecule has 4 nitrogen and oxygen atoms in total. The number of rotatable bonds is 4. The van der Waals surface area contributed by atoms with Gasteiger partial charge in [0.2, 0.25) is 0 Å². The van der Waals surface area contributed by atoms with Crippen molar-refractivity contribution in [1.82, 2.24) is 0 Å². The summed E-state index contributed by atoms with van der Waals surface area (Å²) in [5, 5.41) is 11.0. The Kier molecular flexibility index (Phi) is 7.11. The predicted octanol–water partition coefficient (Wildman–Crippen LogP) is 8.05. The highest BCUT2D eigenvalue weighted by atomic mass is 32.2. The van der Waals surface area contributed by atoms with Crippen LogP contribution in [0.4, 0.5) is 0 Å². The Morgan fingerprint density at radius 2 is 1.57 bits per heavy atom. The topological polar surface area (TPSA) is 71.4 Å². The monoisotopic (exact) mass is 594 g/mol. The number of aliphatic hydroxyl groups excluding tert-OH is 1. The van der Waals surface area contributed by atoms with Gasteiger partial charge in [0.05, 0.1) is 11.0 Å². The Hall–Kier alpha value is -1.46. The van der Waals surface area contributed by atoms with E-state index in [1.54, 1.807) is 24.3 Å². The van der Waals surface area contributed by atoms with Crippen LogP contribution in [0.5, 0.6) is 0 Å². The summed E-state index contributed by atoms with van der Waals surface area (Å²) >= 11 is 0. The number of Topliss-reactive ketones (excluding diaryl/α,β-unsaturated/α-hetero) is 1. The molecule has 0 saturated heterocycles. The summed E-state index contributed by atoms with van der Waals surface area (Å²) in [6.07, 6.45) is 11.1. The second kappa shape index (κ2) is 9.77. The zero-order valence-electron chi connectivity index (χ0n) is 27.1. The van der Waals surface area contributed by atoms with Crippen LogP contribution in [0.15, 0.2) is 46.9 Å². The number of ketones is 1. The van der Waals surface area contributed by atoms with Crippen LogP contribution in [0.2, 0.25) is 0 Å². The highest BCUT2D eigenvalue weighted by Crippen LogP contribution is 2.75. The van der Waals surface area contributed by atoms with Gasteiger partial charge < -0.3 is 5.11 Å². The van der Waals surface area contributed by atoms with Crippen molar-refractivity contribution >= 4 is 15.6 Å². The third-order valence-electron chi connectivity index (χ3n) is 14.9. The summed E-state index contributed by atoms with van der Waals surface area (Å²) < 4.78 is 27.0. The fourth-order valence-electron chi connectivity index (χ4n) is 12.0. The lowest BCUT2D eigenvalue weighted by Gasteiger charge is -2.71. The lowest BCUT2D eigenvalue weighted by atomic mass is 9.33. The van der Waals surface area contributed by atoms with Crippen LogP contribution >= 0.6 is 0 Å². The fourth-order valence-corrected chi connectivity index (χ4v) is 13.4. The molecule has 0 heterocycles. The Morgan fingerprint density at radius 3 is 2.26 bits per heavy atom. The zero-order valence-corrected chi connectivity index (χ0v) is 27.9. The van der Waals surface area contributed by atoms with E-state index >= 15 is 0 Å². The molecule has 4 fully saturated rings. The molecule has 0 amide bonds. The van der Waals surface area contributed by atoms with Gasteiger partial charge in [0.15, 0.2) is 15.6 Å². The smallest absolute Gasteiger partial charge is 0.185 e. The van der Waals surface area contributed by atoms with Crippen molar-refractivity contribution in [3.05, 3.63) is 42.0 Å². The maximum atomic E-state index is 14.4. The van der Waals surface area contributed by atoms with E-state index in [-0.39, 0.29) is 44.4 Å². The lowest BCUT2D eigenvalue weighted by Crippen LogP contribution is -2.65. The minimum atomic E-state index is -3.70. The van der Waals surface area contributed by atoms with E-state index < -0.39 is 21.0 Å². The van der Waals surface area contributed by atoms with E-state index in [4.69, 9.17) is 0 Å². The molecule has 0 bridgehead atoms. The zero-order chi connectivity index (χ0) is 30.5. The molecule has 5 heteroatoms. The van der Waals surface area contributed by atoms with Gasteiger partial charge in [-0.3, -0.25) is 4.79 Å². The lowest BCUT2D eigenvalue weighted by molar-refractivity contribution is -0.204. The Labute approximate surface area is 255 Å². The first-order valence-electron chi connectivity index (χ1n) is 16.7. The molecule has 42 heavy (non-hydrogen) atoms. The summed E-state index contributed by atoms with van der Waals surface area (Å²) in [5.74, 6) is 1.55. The molecule has 0 spiro atoms. The number of carbonyl (C=O) groups is 1. The molecule has 1 aromatic rings. The van der Waals surface area contributed by atoms with Crippen LogP contribution in [0.3, 0.4) is 0 Å². The van der Waals surface area contributed by atoms with Crippen molar-refractivity contribution in [2.24, 2.45) is 56.7 Å². The SMILES string of the molecule is C[C@H]1[C@H](C)CC[C@]2(C(=O)CS(=O)(=O)c3ccccc3)CC[C@]3(C)C(=CC[C@@H]4[C@@]5(C)CC[C@H](O)C(C)(C)C5CC[C@]43C)[C@H]12. The highest BCUT2D eigenvalue weighted by Gasteiger charge is 2.69. The molecule has 0 aliphatic heterocycles. The third-order valence-corrected chi connectivity index (χ3v) is 16.6. The average molecular weight is 595 g/mol. The molecular formula is C37H54O4S. The molecule has 4 saturated carbocycles. The molecule has 5 aliphatic rings. The van der Waals surface area contributed by atoms with Crippen LogP contribution < -0.4 is 0 Å². The van der Waals surface area contributed by atoms with Gasteiger partial charge in [0, 0.05) is 5.41 Å². The molecule has 232 valence electrons. The number of hydrogen-bond donors (Lipinski definition) is 1. The number of hydrogen-bond acceptors (Lipinski definition) is 4. The Bertz CT molecular complexity index is 1380. The second-order valence-electron chi connectivity index (χ2n) is 16.7. The normalized spacial score (nSPS) is 46.3. The van der Waals surface area contributed by atoms with Gasteiger partial charge >= 0.3 is 0 Å². The van der Waals surface area contributed by atoms with Gasteiger partial charge in [-0.05, 0) is 121 Å². The molecule has 0 radical (unpaired) electrons. The maximum Gasteiger partial charge on any atom is 0.185 e. The van der Waals surface area contributed by atoms with E-state index in [1.807, 2.05) is 6.07 Å². The number of benzene rings is 1. The highest BCUT2D eigenvalue weighted by molar-refractivity contribution is 7.92. The minimum absolute atomic E-state index is 0.0117. The van der Waals surface area contributed by atoms with Crippen molar-refractivity contribution in [1.29, 1.82) is 0 Å². The first-order chi connectivity index (χ1) is 19.5. The average Bonchev–Trinajstić information content (AvgIpc) is 2.93. The van der Waals surface area contributed by atoms with Crippen LogP contribution in [-0.2, 0) is 14.6 Å². The van der Waals surface area contributed by atoms with Crippen LogP contribution in [0.1, 0.15) is 106 Å². The minimum Gasteiger partial charge on any atom is -0.393 e. The standard InChI is InChI=1S/C37H54O4S/c1-24-15-20-37(31(39)23-42(40,41)26-11-9-8-10-12-26)22-21-35(6)27(32(37)25(24)2)13-14-29-34(5)18-17-30(38)33(3,4)28(34)16-19-36(29,35)7/h8-13,24-25,28-30,32,38H,14-23H2,1-7H3/t24-,25+,28?,29-,30+,32+,34+,35-,36-,37-/m1/s1. The summed E-state index contributed by atoms with van der Waals surface area (Å²) in [6, 6.07) is 8.53. The van der Waals surface area contributed by atoms with Gasteiger partial charge in [0.25, 0.3) is 0 Å². The largest absolute Gasteiger partial charge is 0.393 e. The van der Waals surface area contributed by atoms with Crippen molar-refractivity contribution in [2.75, 3.05) is 5.75 Å². The van der Waals surface area contributed by atoms with E-state index in [2.05, 4.69) is 54.5 Å². The number of fused-ring (bicyclic) bond motifs is 7. The molecule has 1 unspecified atom stereocenters. The maximum absolute atomic E-state index is 14.4. The fraction of sp³-hybridized carbons (Fsp3) is 0.757. The quantitative estimate of drug-likeness (QED) is 0.358. The number of carbonyl (C=O) groups excluding carboxylic acids is 1. The van der Waals surface area contributed by atoms with Crippen LogP contribution in [0.25, 0.3) is 0 Å². The Morgan fingerprint density at radius 1 is 0.881 bits per heavy atom. The first-order valence-corrected chi connectivity index (χ1v) is 18.4. The molecule has 1 N–H and O–H groups in total. The Balaban J connectivity index is 1.40. The number of sulfone groups is 1. The van der Waals surface area contributed by atoms with E-state index in [0.29, 0.717) is 23.7 Å². The molecular weight excluding hydrogens is 540 g/mol.